The molecule has 8 nitrogen and oxygen atoms in total. The molecule has 0 saturated carbocycles. The lowest BCUT2D eigenvalue weighted by Crippen LogP contribution is -2.31. The van der Waals surface area contributed by atoms with Gasteiger partial charge in [-0.25, -0.2) is 9.37 Å². The van der Waals surface area contributed by atoms with E-state index in [0.717, 1.165) is 5.56 Å². The monoisotopic (exact) mass is 493 g/mol. The van der Waals surface area contributed by atoms with Crippen molar-refractivity contribution >= 4 is 28.9 Å². The summed E-state index contributed by atoms with van der Waals surface area (Å²) in [4.78, 5) is 28.6. The normalized spacial score (nSPS) is 11.6. The summed E-state index contributed by atoms with van der Waals surface area (Å²) in [5.41, 5.74) is 1.50. The van der Waals surface area contributed by atoms with Crippen molar-refractivity contribution in [1.29, 1.82) is 0 Å². The molecule has 1 heterocycles. The van der Waals surface area contributed by atoms with Gasteiger partial charge in [-0.15, -0.1) is 0 Å². The number of hydrogen-bond acceptors (Lipinski definition) is 5. The van der Waals surface area contributed by atoms with E-state index >= 15 is 0 Å². The van der Waals surface area contributed by atoms with Crippen LogP contribution < -0.4 is 10.6 Å². The van der Waals surface area contributed by atoms with Crippen molar-refractivity contribution in [3.05, 3.63) is 123 Å². The van der Waals surface area contributed by atoms with Crippen molar-refractivity contribution in [2.75, 3.05) is 5.32 Å². The fourth-order valence-electron chi connectivity index (χ4n) is 3.63. The first-order valence-corrected chi connectivity index (χ1v) is 11.0. The van der Waals surface area contributed by atoms with E-state index in [1.165, 1.54) is 30.3 Å². The Morgan fingerprint density at radius 3 is 2.57 bits per heavy atom. The summed E-state index contributed by atoms with van der Waals surface area (Å²) in [6.07, 6.45) is 3.31. The number of anilines is 1. The summed E-state index contributed by atoms with van der Waals surface area (Å²) in [7, 11) is 1.77. The van der Waals surface area contributed by atoms with Gasteiger partial charge >= 0.3 is 0 Å². The van der Waals surface area contributed by atoms with Crippen LogP contribution >= 0.6 is 11.6 Å². The molecule has 0 saturated heterocycles. The molecule has 0 spiro atoms. The van der Waals surface area contributed by atoms with Crippen LogP contribution in [0.4, 0.5) is 15.8 Å². The van der Waals surface area contributed by atoms with Crippen LogP contribution in [-0.4, -0.2) is 20.4 Å². The zero-order valence-electron chi connectivity index (χ0n) is 18.6. The molecule has 178 valence electrons. The SMILES string of the molecule is Cn1ccnc1C(NC(=O)c1ccc(NCc2ccccc2Cl)c([N+](=O)[O-])c1)c1ccc(F)cc1. The lowest BCUT2D eigenvalue weighted by molar-refractivity contribution is -0.384. The van der Waals surface area contributed by atoms with Crippen LogP contribution in [0, 0.1) is 15.9 Å². The topological polar surface area (TPSA) is 102 Å². The van der Waals surface area contributed by atoms with Crippen LogP contribution in [0.2, 0.25) is 5.02 Å². The van der Waals surface area contributed by atoms with Gasteiger partial charge in [0.1, 0.15) is 23.4 Å². The number of imidazole rings is 1. The number of carbonyl (C=O) groups is 1. The molecule has 3 aromatic carbocycles. The number of rotatable bonds is 8. The second-order valence-electron chi connectivity index (χ2n) is 7.79. The number of nitrogens with zero attached hydrogens (tertiary/aromatic N) is 3. The van der Waals surface area contributed by atoms with Gasteiger partial charge in [0.05, 0.1) is 4.92 Å². The number of nitro groups is 1. The van der Waals surface area contributed by atoms with Crippen molar-refractivity contribution in [3.63, 3.8) is 0 Å². The summed E-state index contributed by atoms with van der Waals surface area (Å²) in [5, 5.41) is 18.2. The van der Waals surface area contributed by atoms with Crippen LogP contribution in [0.1, 0.15) is 33.4 Å². The Balaban J connectivity index is 1.59. The van der Waals surface area contributed by atoms with Gasteiger partial charge in [-0.1, -0.05) is 41.9 Å². The van der Waals surface area contributed by atoms with Gasteiger partial charge in [-0.3, -0.25) is 14.9 Å². The summed E-state index contributed by atoms with van der Waals surface area (Å²) in [5.74, 6) is -0.422. The molecular formula is C25H21ClFN5O3. The number of aryl methyl sites for hydroxylation is 1. The van der Waals surface area contributed by atoms with Crippen molar-refractivity contribution in [1.82, 2.24) is 14.9 Å². The first-order valence-electron chi connectivity index (χ1n) is 10.6. The van der Waals surface area contributed by atoms with Crippen LogP contribution in [0.5, 0.6) is 0 Å². The van der Waals surface area contributed by atoms with Gasteiger partial charge in [0.15, 0.2) is 0 Å². The van der Waals surface area contributed by atoms with Gasteiger partial charge in [0.25, 0.3) is 11.6 Å². The van der Waals surface area contributed by atoms with Crippen LogP contribution in [0.25, 0.3) is 0 Å². The van der Waals surface area contributed by atoms with E-state index in [9.17, 15) is 19.3 Å². The third-order valence-corrected chi connectivity index (χ3v) is 5.85. The van der Waals surface area contributed by atoms with Gasteiger partial charge in [0.2, 0.25) is 0 Å². The largest absolute Gasteiger partial charge is 0.375 e. The third-order valence-electron chi connectivity index (χ3n) is 5.48. The molecular weight excluding hydrogens is 473 g/mol. The number of nitrogens with one attached hydrogen (secondary N) is 2. The number of benzene rings is 3. The van der Waals surface area contributed by atoms with Crippen LogP contribution in [0.3, 0.4) is 0 Å². The number of carbonyl (C=O) groups excluding carboxylic acids is 1. The Morgan fingerprint density at radius 1 is 1.17 bits per heavy atom. The van der Waals surface area contributed by atoms with Gasteiger partial charge < -0.3 is 15.2 Å². The molecule has 0 aliphatic rings. The predicted octanol–water partition coefficient (Wildman–Crippen LogP) is 5.25. The molecule has 1 aromatic heterocycles. The molecule has 0 aliphatic carbocycles. The van der Waals surface area contributed by atoms with E-state index in [1.807, 2.05) is 12.1 Å². The van der Waals surface area contributed by atoms with Crippen molar-refractivity contribution < 1.29 is 14.1 Å². The van der Waals surface area contributed by atoms with Crippen molar-refractivity contribution in [2.24, 2.45) is 7.05 Å². The van der Waals surface area contributed by atoms with Crippen molar-refractivity contribution in [2.45, 2.75) is 12.6 Å². The Kier molecular flexibility index (Phi) is 7.07. The molecule has 1 amide bonds. The fraction of sp³-hybridized carbons (Fsp3) is 0.120. The second kappa shape index (κ2) is 10.4. The first-order chi connectivity index (χ1) is 16.8. The molecule has 0 bridgehead atoms. The molecule has 10 heteroatoms. The number of amides is 1. The maximum atomic E-state index is 13.5. The zero-order chi connectivity index (χ0) is 24.9. The van der Waals surface area contributed by atoms with E-state index in [4.69, 9.17) is 11.6 Å². The fourth-order valence-corrected chi connectivity index (χ4v) is 3.83. The molecule has 0 radical (unpaired) electrons. The summed E-state index contributed by atoms with van der Waals surface area (Å²) >= 11 is 6.17. The first kappa shape index (κ1) is 23.9. The molecule has 1 unspecified atom stereocenters. The maximum absolute atomic E-state index is 13.5. The highest BCUT2D eigenvalue weighted by molar-refractivity contribution is 6.31. The van der Waals surface area contributed by atoms with Gasteiger partial charge in [-0.05, 0) is 41.5 Å². The lowest BCUT2D eigenvalue weighted by atomic mass is 10.0. The maximum Gasteiger partial charge on any atom is 0.293 e. The third kappa shape index (κ3) is 5.47. The highest BCUT2D eigenvalue weighted by Crippen LogP contribution is 2.28. The number of aromatic nitrogens is 2. The summed E-state index contributed by atoms with van der Waals surface area (Å²) < 4.78 is 15.2. The van der Waals surface area contributed by atoms with Crippen LogP contribution in [0.15, 0.2) is 79.1 Å². The Bertz CT molecular complexity index is 1370. The standard InChI is InChI=1S/C25H21ClFN5O3/c1-31-13-12-28-24(31)23(16-6-9-19(27)10-7-16)30-25(33)17-8-11-21(22(14-17)32(34)35)29-15-18-4-2-3-5-20(18)26/h2-14,23,29H,15H2,1H3,(H,30,33). The second-order valence-corrected chi connectivity index (χ2v) is 8.20. The molecule has 2 N–H and O–H groups in total. The minimum absolute atomic E-state index is 0.0984. The van der Waals surface area contributed by atoms with E-state index in [2.05, 4.69) is 15.6 Å². The van der Waals surface area contributed by atoms with Crippen molar-refractivity contribution in [3.8, 4) is 0 Å². The smallest absolute Gasteiger partial charge is 0.293 e. The van der Waals surface area contributed by atoms with Gasteiger partial charge in [0, 0.05) is 42.6 Å². The average molecular weight is 494 g/mol. The van der Waals surface area contributed by atoms with E-state index in [1.54, 1.807) is 48.3 Å². The van der Waals surface area contributed by atoms with E-state index < -0.39 is 22.7 Å². The number of hydrogen-bond donors (Lipinski definition) is 2. The lowest BCUT2D eigenvalue weighted by Gasteiger charge is -2.19. The molecule has 4 aromatic rings. The summed E-state index contributed by atoms with van der Waals surface area (Å²) in [6, 6.07) is 16.4. The quantitative estimate of drug-likeness (QED) is 0.258. The zero-order valence-corrected chi connectivity index (χ0v) is 19.4. The molecule has 0 aliphatic heterocycles. The average Bonchev–Trinajstić information content (AvgIpc) is 3.28. The van der Waals surface area contributed by atoms with Crippen LogP contribution in [-0.2, 0) is 13.6 Å². The minimum atomic E-state index is -0.694. The van der Waals surface area contributed by atoms with E-state index in [0.29, 0.717) is 16.4 Å². The Morgan fingerprint density at radius 2 is 1.91 bits per heavy atom. The molecule has 4 rings (SSSR count). The molecule has 35 heavy (non-hydrogen) atoms. The summed E-state index contributed by atoms with van der Waals surface area (Å²) in [6.45, 7) is 0.276. The molecule has 0 fully saturated rings. The molecule has 1 atom stereocenters. The Labute approximate surface area is 205 Å². The predicted molar refractivity (Wildman–Crippen MR) is 131 cm³/mol. The highest BCUT2D eigenvalue weighted by Gasteiger charge is 2.24. The minimum Gasteiger partial charge on any atom is -0.375 e. The van der Waals surface area contributed by atoms with E-state index in [-0.39, 0.29) is 23.5 Å². The number of halogens is 2. The number of nitro benzene ring substituents is 1. The highest BCUT2D eigenvalue weighted by atomic mass is 35.5. The Hall–Kier alpha value is -4.24. The van der Waals surface area contributed by atoms with Gasteiger partial charge in [-0.2, -0.15) is 0 Å².